The molecule has 1 aliphatic rings. The van der Waals surface area contributed by atoms with Gasteiger partial charge >= 0.3 is 0 Å². The number of ether oxygens (including phenoxy) is 1. The number of carbonyl (C=O) groups is 1. The van der Waals surface area contributed by atoms with Crippen LogP contribution < -0.4 is 15.7 Å². The lowest BCUT2D eigenvalue weighted by molar-refractivity contribution is -0.131. The van der Waals surface area contributed by atoms with Crippen LogP contribution in [-0.4, -0.2) is 43.5 Å². The fraction of sp³-hybridized carbons (Fsp3) is 0.133. The number of nitrogens with zero attached hydrogens (tertiary/aromatic N) is 4. The van der Waals surface area contributed by atoms with E-state index < -0.39 is 0 Å². The zero-order valence-corrected chi connectivity index (χ0v) is 23.0. The second-order valence-corrected chi connectivity index (χ2v) is 10.4. The van der Waals surface area contributed by atoms with Crippen LogP contribution in [0.15, 0.2) is 95.0 Å². The molecule has 0 radical (unpaired) electrons. The Kier molecular flexibility index (Phi) is 7.02. The summed E-state index contributed by atoms with van der Waals surface area (Å²) in [7, 11) is 1.62. The number of rotatable bonds is 7. The highest BCUT2D eigenvalue weighted by molar-refractivity contribution is 7.99. The van der Waals surface area contributed by atoms with Crippen molar-refractivity contribution in [3.63, 3.8) is 0 Å². The van der Waals surface area contributed by atoms with Crippen molar-refractivity contribution in [1.82, 2.24) is 30.2 Å². The summed E-state index contributed by atoms with van der Waals surface area (Å²) in [4.78, 5) is 33.6. The van der Waals surface area contributed by atoms with Crippen molar-refractivity contribution in [2.45, 2.75) is 18.1 Å². The first-order valence-corrected chi connectivity index (χ1v) is 13.8. The molecule has 0 fully saturated rings. The standard InChI is InChI=1S/C30H25FN6O3S/c1-18-3-5-20(6-4-18)26-15-25(19-7-13-23(40-2)14-8-19)35-37(26)27(38)17-41-30-33-28-24(29(39)34-30)16-32-36(28)22-11-9-21(31)10-12-22/h3-16,26,35H,17H2,1-2H3,(H,33,34,39). The molecule has 0 spiro atoms. The van der Waals surface area contributed by atoms with Crippen molar-refractivity contribution in [3.8, 4) is 11.4 Å². The van der Waals surface area contributed by atoms with E-state index in [9.17, 15) is 14.0 Å². The second-order valence-electron chi connectivity index (χ2n) is 9.47. The van der Waals surface area contributed by atoms with Gasteiger partial charge in [-0.2, -0.15) is 5.10 Å². The van der Waals surface area contributed by atoms with Gasteiger partial charge in [-0.1, -0.05) is 41.6 Å². The van der Waals surface area contributed by atoms with Gasteiger partial charge in [-0.25, -0.2) is 19.1 Å². The summed E-state index contributed by atoms with van der Waals surface area (Å²) in [6.07, 6.45) is 3.43. The van der Waals surface area contributed by atoms with Crippen molar-refractivity contribution in [1.29, 1.82) is 0 Å². The van der Waals surface area contributed by atoms with E-state index in [-0.39, 0.29) is 34.2 Å². The van der Waals surface area contributed by atoms with Crippen molar-refractivity contribution in [2.75, 3.05) is 12.9 Å². The van der Waals surface area contributed by atoms with Crippen molar-refractivity contribution in [3.05, 3.63) is 118 Å². The third-order valence-corrected chi connectivity index (χ3v) is 7.61. The number of H-pyrrole nitrogens is 1. The molecule has 41 heavy (non-hydrogen) atoms. The Morgan fingerprint density at radius 3 is 2.49 bits per heavy atom. The highest BCUT2D eigenvalue weighted by atomic mass is 32.2. The van der Waals surface area contributed by atoms with Gasteiger partial charge < -0.3 is 9.72 Å². The molecule has 3 heterocycles. The summed E-state index contributed by atoms with van der Waals surface area (Å²) >= 11 is 1.12. The SMILES string of the molecule is COc1ccc(C2=CC(c3ccc(C)cc3)N(C(=O)CSc3nc4c(cnn4-c4ccc(F)cc4)c(=O)[nH]3)N2)cc1. The molecule has 0 aliphatic carbocycles. The summed E-state index contributed by atoms with van der Waals surface area (Å²) in [5.41, 5.74) is 7.56. The zero-order valence-electron chi connectivity index (χ0n) is 22.2. The van der Waals surface area contributed by atoms with Crippen LogP contribution in [0.2, 0.25) is 0 Å². The average Bonchev–Trinajstić information content (AvgIpc) is 3.63. The molecule has 1 aliphatic heterocycles. The number of aromatic nitrogens is 4. The van der Waals surface area contributed by atoms with E-state index >= 15 is 0 Å². The molecule has 206 valence electrons. The third kappa shape index (κ3) is 5.31. The Morgan fingerprint density at radius 1 is 1.05 bits per heavy atom. The number of hydrogen-bond donors (Lipinski definition) is 2. The zero-order chi connectivity index (χ0) is 28.5. The topological polar surface area (TPSA) is 105 Å². The Balaban J connectivity index is 1.25. The van der Waals surface area contributed by atoms with E-state index in [1.54, 1.807) is 24.3 Å². The van der Waals surface area contributed by atoms with Gasteiger partial charge in [0.15, 0.2) is 10.8 Å². The van der Waals surface area contributed by atoms with Crippen LogP contribution in [0.4, 0.5) is 4.39 Å². The predicted octanol–water partition coefficient (Wildman–Crippen LogP) is 4.79. The van der Waals surface area contributed by atoms with Gasteiger partial charge in [0.05, 0.1) is 36.5 Å². The summed E-state index contributed by atoms with van der Waals surface area (Å²) < 4.78 is 20.2. The molecule has 5 aromatic rings. The minimum Gasteiger partial charge on any atom is -0.497 e. The van der Waals surface area contributed by atoms with Gasteiger partial charge in [-0.15, -0.1) is 0 Å². The number of methoxy groups -OCH3 is 1. The summed E-state index contributed by atoms with van der Waals surface area (Å²) in [6.45, 7) is 2.02. The Morgan fingerprint density at radius 2 is 1.78 bits per heavy atom. The molecule has 0 bridgehead atoms. The van der Waals surface area contributed by atoms with E-state index in [1.165, 1.54) is 23.0 Å². The average molecular weight is 569 g/mol. The normalized spacial score (nSPS) is 14.7. The van der Waals surface area contributed by atoms with Crippen molar-refractivity contribution >= 4 is 34.4 Å². The summed E-state index contributed by atoms with van der Waals surface area (Å²) in [5.74, 6) is 0.175. The molecule has 1 amide bonds. The molecule has 6 rings (SSSR count). The predicted molar refractivity (Wildman–Crippen MR) is 155 cm³/mol. The maximum Gasteiger partial charge on any atom is 0.262 e. The Hall–Kier alpha value is -4.90. The molecule has 1 atom stereocenters. The van der Waals surface area contributed by atoms with E-state index in [1.807, 2.05) is 61.5 Å². The number of carbonyl (C=O) groups excluding carboxylic acids is 1. The van der Waals surface area contributed by atoms with E-state index in [2.05, 4.69) is 20.5 Å². The maximum atomic E-state index is 13.6. The van der Waals surface area contributed by atoms with E-state index in [4.69, 9.17) is 4.74 Å². The number of hydrogen-bond acceptors (Lipinski definition) is 7. The minimum atomic E-state index is -0.380. The first-order valence-electron chi connectivity index (χ1n) is 12.8. The number of fused-ring (bicyclic) bond motifs is 1. The molecule has 11 heteroatoms. The lowest BCUT2D eigenvalue weighted by Gasteiger charge is -2.25. The molecule has 9 nitrogen and oxygen atoms in total. The molecular formula is C30H25FN6O3S. The Labute approximate surface area is 238 Å². The van der Waals surface area contributed by atoms with Crippen LogP contribution in [0.3, 0.4) is 0 Å². The molecule has 2 N–H and O–H groups in total. The number of hydrazine groups is 1. The monoisotopic (exact) mass is 568 g/mol. The number of aryl methyl sites for hydroxylation is 1. The smallest absolute Gasteiger partial charge is 0.262 e. The van der Waals surface area contributed by atoms with Crippen LogP contribution in [0.1, 0.15) is 22.7 Å². The highest BCUT2D eigenvalue weighted by Gasteiger charge is 2.31. The van der Waals surface area contributed by atoms with Crippen LogP contribution in [0, 0.1) is 12.7 Å². The Bertz CT molecular complexity index is 1820. The first-order chi connectivity index (χ1) is 19.9. The van der Waals surface area contributed by atoms with Gasteiger partial charge in [0.1, 0.15) is 17.0 Å². The van der Waals surface area contributed by atoms with E-state index in [0.717, 1.165) is 39.9 Å². The number of amides is 1. The first kappa shape index (κ1) is 26.3. The van der Waals surface area contributed by atoms with Gasteiger partial charge in [-0.3, -0.25) is 15.0 Å². The van der Waals surface area contributed by atoms with Gasteiger partial charge in [0.25, 0.3) is 11.5 Å². The fourth-order valence-corrected chi connectivity index (χ4v) is 5.28. The summed E-state index contributed by atoms with van der Waals surface area (Å²) in [5, 5.41) is 6.41. The number of benzene rings is 3. The van der Waals surface area contributed by atoms with Crippen molar-refractivity contribution < 1.29 is 13.9 Å². The molecular weight excluding hydrogens is 543 g/mol. The lowest BCUT2D eigenvalue weighted by Crippen LogP contribution is -2.40. The van der Waals surface area contributed by atoms with Gasteiger partial charge in [0.2, 0.25) is 0 Å². The summed E-state index contributed by atoms with van der Waals surface area (Å²) in [6, 6.07) is 21.0. The van der Waals surface area contributed by atoms with Crippen LogP contribution in [0.5, 0.6) is 5.75 Å². The number of nitrogens with one attached hydrogen (secondary N) is 2. The molecule has 0 saturated heterocycles. The van der Waals surface area contributed by atoms with Crippen LogP contribution >= 0.6 is 11.8 Å². The van der Waals surface area contributed by atoms with Crippen molar-refractivity contribution in [2.24, 2.45) is 0 Å². The fourth-order valence-electron chi connectivity index (χ4n) is 4.56. The molecule has 3 aromatic carbocycles. The number of thioether (sulfide) groups is 1. The van der Waals surface area contributed by atoms with Crippen LogP contribution in [0.25, 0.3) is 22.4 Å². The number of halogens is 1. The molecule has 0 saturated carbocycles. The minimum absolute atomic E-state index is 0.0121. The second kappa shape index (κ2) is 10.9. The lowest BCUT2D eigenvalue weighted by atomic mass is 10.0. The van der Waals surface area contributed by atoms with Gasteiger partial charge in [0, 0.05) is 0 Å². The van der Waals surface area contributed by atoms with Crippen LogP contribution in [-0.2, 0) is 4.79 Å². The highest BCUT2D eigenvalue weighted by Crippen LogP contribution is 2.33. The maximum absolute atomic E-state index is 13.6. The van der Waals surface area contributed by atoms with E-state index in [0.29, 0.717) is 16.7 Å². The van der Waals surface area contributed by atoms with Gasteiger partial charge in [-0.05, 0) is 72.7 Å². The quantitative estimate of drug-likeness (QED) is 0.215. The molecule has 2 aromatic heterocycles. The molecule has 1 unspecified atom stereocenters. The third-order valence-electron chi connectivity index (χ3n) is 6.75. The largest absolute Gasteiger partial charge is 0.497 e. The number of aromatic amines is 1.